The number of amides is 1. The summed E-state index contributed by atoms with van der Waals surface area (Å²) in [4.78, 5) is 24.9. The van der Waals surface area contributed by atoms with Gasteiger partial charge in [0.05, 0.1) is 12.2 Å². The maximum atomic E-state index is 12.4. The van der Waals surface area contributed by atoms with E-state index >= 15 is 0 Å². The molecule has 1 aromatic rings. The van der Waals surface area contributed by atoms with Gasteiger partial charge in [-0.1, -0.05) is 32.9 Å². The Morgan fingerprint density at radius 3 is 2.57 bits per heavy atom. The fraction of sp³-hybridized carbons (Fsp3) is 0.500. The third kappa shape index (κ3) is 2.86. The first-order valence-corrected chi connectivity index (χ1v) is 7.04. The van der Waals surface area contributed by atoms with Gasteiger partial charge in [0.1, 0.15) is 18.3 Å². The monoisotopic (exact) mass is 291 g/mol. The maximum Gasteiger partial charge on any atom is 0.315 e. The number of anilines is 1. The van der Waals surface area contributed by atoms with Crippen LogP contribution in [0, 0.1) is 5.92 Å². The summed E-state index contributed by atoms with van der Waals surface area (Å²) < 4.78 is 5.76. The smallest absolute Gasteiger partial charge is 0.315 e. The van der Waals surface area contributed by atoms with E-state index in [-0.39, 0.29) is 5.41 Å². The minimum absolute atomic E-state index is 0.115. The predicted molar refractivity (Wildman–Crippen MR) is 79.8 cm³/mol. The molecule has 1 aliphatic rings. The van der Waals surface area contributed by atoms with Crippen molar-refractivity contribution in [3.63, 3.8) is 0 Å². The lowest BCUT2D eigenvalue weighted by molar-refractivity contribution is -0.145. The van der Waals surface area contributed by atoms with Crippen LogP contribution in [-0.4, -0.2) is 30.1 Å². The Kier molecular flexibility index (Phi) is 3.94. The molecule has 5 nitrogen and oxygen atoms in total. The number of rotatable bonds is 2. The molecule has 0 aromatic heterocycles. The fourth-order valence-electron chi connectivity index (χ4n) is 2.41. The van der Waals surface area contributed by atoms with E-state index in [1.165, 1.54) is 11.8 Å². The van der Waals surface area contributed by atoms with Crippen molar-refractivity contribution in [2.75, 3.05) is 18.1 Å². The van der Waals surface area contributed by atoms with E-state index in [9.17, 15) is 9.59 Å². The molecule has 0 radical (unpaired) electrons. The highest BCUT2D eigenvalue weighted by Crippen LogP contribution is 2.41. The summed E-state index contributed by atoms with van der Waals surface area (Å²) in [7, 11) is 0. The number of benzene rings is 1. The second-order valence-corrected chi connectivity index (χ2v) is 6.30. The molecule has 1 amide bonds. The number of nitrogens with zero attached hydrogens (tertiary/aromatic N) is 1. The molecule has 0 bridgehead atoms. The molecule has 1 N–H and O–H groups in total. The number of hydrogen-bond acceptors (Lipinski definition) is 3. The summed E-state index contributed by atoms with van der Waals surface area (Å²) in [5.41, 5.74) is 1.56. The molecule has 2 rings (SSSR count). The molecule has 0 saturated carbocycles. The number of aliphatic carboxylic acids is 1. The van der Waals surface area contributed by atoms with Gasteiger partial charge in [0.15, 0.2) is 0 Å². The fourth-order valence-corrected chi connectivity index (χ4v) is 2.41. The third-order valence-corrected chi connectivity index (χ3v) is 3.66. The number of ether oxygens (including phenoxy) is 1. The van der Waals surface area contributed by atoms with Crippen LogP contribution in [0.25, 0.3) is 0 Å². The van der Waals surface area contributed by atoms with E-state index < -0.39 is 17.8 Å². The van der Waals surface area contributed by atoms with Crippen LogP contribution in [0.4, 0.5) is 5.69 Å². The summed E-state index contributed by atoms with van der Waals surface area (Å²) in [5.74, 6) is -1.89. The lowest BCUT2D eigenvalue weighted by Gasteiger charge is -2.34. The number of hydrogen-bond donors (Lipinski definition) is 1. The molecule has 0 spiro atoms. The Hall–Kier alpha value is -2.04. The van der Waals surface area contributed by atoms with Gasteiger partial charge >= 0.3 is 5.97 Å². The number of fused-ring (bicyclic) bond motifs is 1. The lowest BCUT2D eigenvalue weighted by atomic mass is 9.85. The van der Waals surface area contributed by atoms with Gasteiger partial charge in [-0.15, -0.1) is 0 Å². The molecule has 21 heavy (non-hydrogen) atoms. The van der Waals surface area contributed by atoms with Crippen LogP contribution >= 0.6 is 0 Å². The minimum atomic E-state index is -1.11. The van der Waals surface area contributed by atoms with Gasteiger partial charge in [-0.3, -0.25) is 9.59 Å². The Balaban J connectivity index is 2.46. The van der Waals surface area contributed by atoms with E-state index in [2.05, 4.69) is 20.8 Å². The normalized spacial score (nSPS) is 15.9. The zero-order valence-corrected chi connectivity index (χ0v) is 12.8. The lowest BCUT2D eigenvalue weighted by Crippen LogP contribution is -2.43. The molecule has 1 heterocycles. The number of para-hydroxylation sites is 1. The van der Waals surface area contributed by atoms with Crippen molar-refractivity contribution in [2.24, 2.45) is 5.92 Å². The van der Waals surface area contributed by atoms with E-state index in [0.717, 1.165) is 5.56 Å². The van der Waals surface area contributed by atoms with Crippen LogP contribution in [0.15, 0.2) is 18.2 Å². The summed E-state index contributed by atoms with van der Waals surface area (Å²) in [6.45, 7) is 8.38. The molecule has 5 heteroatoms. The highest BCUT2D eigenvalue weighted by molar-refractivity contribution is 6.06. The molecule has 1 atom stereocenters. The van der Waals surface area contributed by atoms with Crippen LogP contribution in [-0.2, 0) is 15.0 Å². The van der Waals surface area contributed by atoms with Gasteiger partial charge in [0.25, 0.3) is 0 Å². The van der Waals surface area contributed by atoms with Crippen LogP contribution in [0.1, 0.15) is 33.3 Å². The largest absolute Gasteiger partial charge is 0.489 e. The first kappa shape index (κ1) is 15.4. The second kappa shape index (κ2) is 5.39. The standard InChI is InChI=1S/C16H21NO4/c1-10(15(19)20)14(18)17-8-9-21-13-11(16(2,3)4)6-5-7-12(13)17/h5-7,10H,8-9H2,1-4H3,(H,19,20). The van der Waals surface area contributed by atoms with Crippen molar-refractivity contribution in [1.29, 1.82) is 0 Å². The molecule has 1 unspecified atom stereocenters. The van der Waals surface area contributed by atoms with Crippen molar-refractivity contribution >= 4 is 17.6 Å². The molecular weight excluding hydrogens is 270 g/mol. The molecular formula is C16H21NO4. The van der Waals surface area contributed by atoms with Gasteiger partial charge in [-0.2, -0.15) is 0 Å². The average molecular weight is 291 g/mol. The van der Waals surface area contributed by atoms with E-state index in [1.807, 2.05) is 12.1 Å². The summed E-state index contributed by atoms with van der Waals surface area (Å²) in [6.07, 6.45) is 0. The predicted octanol–water partition coefficient (Wildman–Crippen LogP) is 2.43. The summed E-state index contributed by atoms with van der Waals surface area (Å²) >= 11 is 0. The highest BCUT2D eigenvalue weighted by Gasteiger charge is 2.33. The minimum Gasteiger partial charge on any atom is -0.489 e. The van der Waals surface area contributed by atoms with Crippen molar-refractivity contribution in [3.05, 3.63) is 23.8 Å². The van der Waals surface area contributed by atoms with Crippen molar-refractivity contribution in [3.8, 4) is 5.75 Å². The van der Waals surface area contributed by atoms with Gasteiger partial charge in [0, 0.05) is 5.56 Å². The Labute approximate surface area is 124 Å². The topological polar surface area (TPSA) is 66.8 Å². The molecule has 0 fully saturated rings. The summed E-state index contributed by atoms with van der Waals surface area (Å²) in [5, 5.41) is 9.04. The highest BCUT2D eigenvalue weighted by atomic mass is 16.5. The number of carbonyl (C=O) groups excluding carboxylic acids is 1. The maximum absolute atomic E-state index is 12.4. The number of carboxylic acid groups (broad SMARTS) is 1. The molecule has 1 aromatic carbocycles. The average Bonchev–Trinajstić information content (AvgIpc) is 2.43. The van der Waals surface area contributed by atoms with Crippen molar-refractivity contribution in [2.45, 2.75) is 33.1 Å². The number of carboxylic acids is 1. The first-order valence-electron chi connectivity index (χ1n) is 7.04. The van der Waals surface area contributed by atoms with Crippen LogP contribution in [0.5, 0.6) is 5.75 Å². The Morgan fingerprint density at radius 2 is 2.00 bits per heavy atom. The van der Waals surface area contributed by atoms with Crippen LogP contribution < -0.4 is 9.64 Å². The van der Waals surface area contributed by atoms with Gasteiger partial charge in [0.2, 0.25) is 5.91 Å². The third-order valence-electron chi connectivity index (χ3n) is 3.66. The van der Waals surface area contributed by atoms with Crippen LogP contribution in [0.2, 0.25) is 0 Å². The van der Waals surface area contributed by atoms with Gasteiger partial charge in [-0.05, 0) is 18.4 Å². The zero-order valence-electron chi connectivity index (χ0n) is 12.8. The Bertz CT molecular complexity index is 574. The molecule has 114 valence electrons. The Morgan fingerprint density at radius 1 is 1.33 bits per heavy atom. The molecule has 1 aliphatic heterocycles. The SMILES string of the molecule is CC(C(=O)O)C(=O)N1CCOc2c1cccc2C(C)(C)C. The second-order valence-electron chi connectivity index (χ2n) is 6.30. The summed E-state index contributed by atoms with van der Waals surface area (Å²) in [6, 6.07) is 5.66. The van der Waals surface area contributed by atoms with E-state index in [4.69, 9.17) is 9.84 Å². The van der Waals surface area contributed by atoms with E-state index in [0.29, 0.717) is 24.6 Å². The number of carbonyl (C=O) groups is 2. The molecule has 0 aliphatic carbocycles. The first-order chi connectivity index (χ1) is 9.73. The molecule has 0 saturated heterocycles. The van der Waals surface area contributed by atoms with Gasteiger partial charge < -0.3 is 14.7 Å². The van der Waals surface area contributed by atoms with E-state index in [1.54, 1.807) is 6.07 Å². The van der Waals surface area contributed by atoms with Crippen LogP contribution in [0.3, 0.4) is 0 Å². The van der Waals surface area contributed by atoms with Crippen molar-refractivity contribution in [1.82, 2.24) is 0 Å². The zero-order chi connectivity index (χ0) is 15.8. The van der Waals surface area contributed by atoms with Gasteiger partial charge in [-0.25, -0.2) is 0 Å². The van der Waals surface area contributed by atoms with Crippen molar-refractivity contribution < 1.29 is 19.4 Å². The quantitative estimate of drug-likeness (QED) is 0.850.